The molecule has 2 aromatic heterocycles. The number of hydrogen-bond donors (Lipinski definition) is 1. The van der Waals surface area contributed by atoms with Crippen LogP contribution in [0, 0.1) is 15.0 Å². The summed E-state index contributed by atoms with van der Waals surface area (Å²) in [6.45, 7) is 0. The summed E-state index contributed by atoms with van der Waals surface area (Å²) in [7, 11) is 0. The van der Waals surface area contributed by atoms with E-state index in [1.165, 1.54) is 16.6 Å². The van der Waals surface area contributed by atoms with Crippen molar-refractivity contribution in [2.45, 2.75) is 0 Å². The van der Waals surface area contributed by atoms with E-state index in [0.29, 0.717) is 16.9 Å². The van der Waals surface area contributed by atoms with Gasteiger partial charge in [0.25, 0.3) is 5.69 Å². The van der Waals surface area contributed by atoms with Crippen molar-refractivity contribution >= 4 is 17.2 Å². The van der Waals surface area contributed by atoms with Crippen LogP contribution in [0.2, 0.25) is 0 Å². The average Bonchev–Trinajstić information content (AvgIpc) is 3.20. The first kappa shape index (κ1) is 14.8. The summed E-state index contributed by atoms with van der Waals surface area (Å²) in [6, 6.07) is 17.3. The molecule has 4 rings (SSSR count). The Balaban J connectivity index is 1.82. The molecule has 0 unspecified atom stereocenters. The van der Waals surface area contributed by atoms with E-state index < -0.39 is 4.92 Å². The zero-order valence-corrected chi connectivity index (χ0v) is 12.8. The highest BCUT2D eigenvalue weighted by Crippen LogP contribution is 2.33. The summed E-state index contributed by atoms with van der Waals surface area (Å²) in [4.78, 5) is 26.1. The van der Waals surface area contributed by atoms with Crippen molar-refractivity contribution in [3.63, 3.8) is 0 Å². The second-order valence-electron chi connectivity index (χ2n) is 5.41. The van der Waals surface area contributed by atoms with Gasteiger partial charge < -0.3 is 0 Å². The van der Waals surface area contributed by atoms with Crippen molar-refractivity contribution in [3.8, 4) is 22.5 Å². The minimum absolute atomic E-state index is 0.0273. The summed E-state index contributed by atoms with van der Waals surface area (Å²) in [5.41, 5.74) is 3.24. The third-order valence-electron chi connectivity index (χ3n) is 3.91. The molecule has 2 heterocycles. The van der Waals surface area contributed by atoms with Crippen molar-refractivity contribution < 1.29 is 4.92 Å². The number of nitrogens with one attached hydrogen (secondary N) is 1. The number of hydrogen-bond acceptors (Lipinski definition) is 5. The number of nitro benzene ring substituents is 1. The molecule has 2 aromatic carbocycles. The third-order valence-corrected chi connectivity index (χ3v) is 3.91. The molecule has 0 saturated carbocycles. The molecule has 0 aliphatic carbocycles. The van der Waals surface area contributed by atoms with Crippen LogP contribution in [0.25, 0.3) is 28.2 Å². The summed E-state index contributed by atoms with van der Waals surface area (Å²) in [5, 5.41) is 16.9. The molecule has 4 aromatic rings. The summed E-state index contributed by atoms with van der Waals surface area (Å²) in [5.74, 6) is 0.117. The Morgan fingerprint density at radius 3 is 2.40 bits per heavy atom. The van der Waals surface area contributed by atoms with Gasteiger partial charge in [0.2, 0.25) is 5.82 Å². The molecule has 8 heteroatoms. The van der Waals surface area contributed by atoms with Gasteiger partial charge in [-0.3, -0.25) is 15.2 Å². The van der Waals surface area contributed by atoms with Gasteiger partial charge in [-0.05, 0) is 22.9 Å². The summed E-state index contributed by atoms with van der Waals surface area (Å²) in [6.07, 6.45) is 0. The number of imidazole rings is 1. The third kappa shape index (κ3) is 2.45. The summed E-state index contributed by atoms with van der Waals surface area (Å²) < 4.78 is 1.51. The lowest BCUT2D eigenvalue weighted by Crippen LogP contribution is -1.88. The van der Waals surface area contributed by atoms with E-state index in [1.54, 1.807) is 12.1 Å². The predicted molar refractivity (Wildman–Crippen MR) is 92.5 cm³/mol. The Kier molecular flexibility index (Phi) is 3.35. The Morgan fingerprint density at radius 2 is 1.76 bits per heavy atom. The molecule has 0 saturated heterocycles. The highest BCUT2D eigenvalue weighted by Gasteiger charge is 2.18. The maximum absolute atomic E-state index is 11.4. The van der Waals surface area contributed by atoms with E-state index in [4.69, 9.17) is 0 Å². The molecule has 8 nitrogen and oxygen atoms in total. The number of rotatable bonds is 4. The lowest BCUT2D eigenvalue weighted by molar-refractivity contribution is -0.384. The van der Waals surface area contributed by atoms with Crippen LogP contribution in [-0.4, -0.2) is 19.5 Å². The van der Waals surface area contributed by atoms with Gasteiger partial charge >= 0.3 is 0 Å². The monoisotopic (exact) mass is 333 g/mol. The van der Waals surface area contributed by atoms with Gasteiger partial charge in [-0.15, -0.1) is 4.91 Å². The molecule has 0 atom stereocenters. The number of non-ortho nitro benzene ring substituents is 1. The van der Waals surface area contributed by atoms with Crippen molar-refractivity contribution in [2.75, 3.05) is 0 Å². The van der Waals surface area contributed by atoms with E-state index in [1.807, 2.05) is 36.4 Å². The number of H-pyrrole nitrogens is 1. The van der Waals surface area contributed by atoms with Gasteiger partial charge in [-0.1, -0.05) is 30.3 Å². The Hall–Kier alpha value is -3.81. The van der Waals surface area contributed by atoms with Gasteiger partial charge in [-0.2, -0.15) is 0 Å². The fraction of sp³-hybridized carbons (Fsp3) is 0. The van der Waals surface area contributed by atoms with E-state index >= 15 is 0 Å². The maximum atomic E-state index is 11.4. The normalized spacial score (nSPS) is 10.9. The van der Waals surface area contributed by atoms with Crippen molar-refractivity contribution in [2.24, 2.45) is 5.18 Å². The first-order valence-corrected chi connectivity index (χ1v) is 7.42. The maximum Gasteiger partial charge on any atom is 0.269 e. The number of nitrogens with zero attached hydrogens (tertiary/aromatic N) is 4. The Bertz CT molecular complexity index is 1080. The number of nitroso groups, excluding NO2 is 1. The van der Waals surface area contributed by atoms with Crippen LogP contribution >= 0.6 is 0 Å². The number of nitro groups is 1. The zero-order valence-electron chi connectivity index (χ0n) is 12.8. The van der Waals surface area contributed by atoms with Crippen molar-refractivity contribution in [1.29, 1.82) is 0 Å². The van der Waals surface area contributed by atoms with Gasteiger partial charge in [0.05, 0.1) is 10.6 Å². The molecular formula is C17H11N5O3. The Morgan fingerprint density at radius 1 is 1.04 bits per heavy atom. The largest absolute Gasteiger partial charge is 0.290 e. The van der Waals surface area contributed by atoms with Gasteiger partial charge in [0.1, 0.15) is 5.69 Å². The van der Waals surface area contributed by atoms with E-state index in [9.17, 15) is 15.0 Å². The quantitative estimate of drug-likeness (QED) is 0.341. The van der Waals surface area contributed by atoms with Crippen LogP contribution < -0.4 is 0 Å². The lowest BCUT2D eigenvalue weighted by atomic mass is 10.1. The van der Waals surface area contributed by atoms with E-state index in [2.05, 4.69) is 15.3 Å². The molecule has 0 radical (unpaired) electrons. The number of aromatic amines is 1. The Labute approximate surface area is 140 Å². The average molecular weight is 333 g/mol. The molecule has 1 N–H and O–H groups in total. The lowest BCUT2D eigenvalue weighted by Gasteiger charge is -1.99. The second kappa shape index (κ2) is 5.68. The standard InChI is InChI=1S/C17H11N5O3/c23-20-17-16(12-6-8-13(9-7-12)22(24)25)18-15-10-14(19-21(15)17)11-4-2-1-3-5-11/h1-10,19H. The van der Waals surface area contributed by atoms with Gasteiger partial charge in [0.15, 0.2) is 5.65 Å². The highest BCUT2D eigenvalue weighted by molar-refractivity contribution is 5.77. The first-order valence-electron chi connectivity index (χ1n) is 7.42. The first-order chi connectivity index (χ1) is 12.2. The number of benzene rings is 2. The highest BCUT2D eigenvalue weighted by atomic mass is 16.6. The zero-order chi connectivity index (χ0) is 17.4. The number of aromatic nitrogens is 3. The molecule has 122 valence electrons. The van der Waals surface area contributed by atoms with Crippen molar-refractivity contribution in [3.05, 3.63) is 75.7 Å². The SMILES string of the molecule is O=Nc1c(-c2ccc([N+](=O)[O-])cc2)nc2cc(-c3ccccc3)[nH]n12. The minimum atomic E-state index is -0.480. The molecule has 0 fully saturated rings. The van der Waals surface area contributed by atoms with Crippen molar-refractivity contribution in [1.82, 2.24) is 14.6 Å². The fourth-order valence-corrected chi connectivity index (χ4v) is 2.70. The molecule has 0 amide bonds. The molecule has 0 aliphatic heterocycles. The summed E-state index contributed by atoms with van der Waals surface area (Å²) >= 11 is 0. The predicted octanol–water partition coefficient (Wildman–Crippen LogP) is 4.30. The number of fused-ring (bicyclic) bond motifs is 1. The second-order valence-corrected chi connectivity index (χ2v) is 5.41. The van der Waals surface area contributed by atoms with E-state index in [-0.39, 0.29) is 11.5 Å². The van der Waals surface area contributed by atoms with Crippen LogP contribution in [0.5, 0.6) is 0 Å². The van der Waals surface area contributed by atoms with Crippen LogP contribution in [0.3, 0.4) is 0 Å². The van der Waals surface area contributed by atoms with Crippen LogP contribution in [0.15, 0.2) is 65.8 Å². The topological polar surface area (TPSA) is 106 Å². The van der Waals surface area contributed by atoms with Gasteiger partial charge in [0, 0.05) is 23.8 Å². The minimum Gasteiger partial charge on any atom is -0.290 e. The van der Waals surface area contributed by atoms with Crippen LogP contribution in [0.1, 0.15) is 0 Å². The molecule has 0 aliphatic rings. The van der Waals surface area contributed by atoms with E-state index in [0.717, 1.165) is 11.3 Å². The fourth-order valence-electron chi connectivity index (χ4n) is 2.70. The molecule has 0 spiro atoms. The molecule has 0 bridgehead atoms. The smallest absolute Gasteiger partial charge is 0.269 e. The molecular weight excluding hydrogens is 322 g/mol. The molecule has 25 heavy (non-hydrogen) atoms. The van der Waals surface area contributed by atoms with Gasteiger partial charge in [-0.25, -0.2) is 9.50 Å². The van der Waals surface area contributed by atoms with Crippen LogP contribution in [0.4, 0.5) is 11.5 Å². The van der Waals surface area contributed by atoms with Crippen LogP contribution in [-0.2, 0) is 0 Å².